The summed E-state index contributed by atoms with van der Waals surface area (Å²) in [6.45, 7) is 3.42. The highest BCUT2D eigenvalue weighted by Crippen LogP contribution is 2.42. The number of amides is 1. The van der Waals surface area contributed by atoms with Gasteiger partial charge in [-0.15, -0.1) is 11.3 Å². The number of carbonyl (C=O) groups excluding carboxylic acids is 1. The van der Waals surface area contributed by atoms with Crippen LogP contribution in [0.1, 0.15) is 64.1 Å². The van der Waals surface area contributed by atoms with Crippen molar-refractivity contribution in [3.8, 4) is 0 Å². The Kier molecular flexibility index (Phi) is 4.31. The lowest BCUT2D eigenvalue weighted by Gasteiger charge is -2.41. The van der Waals surface area contributed by atoms with Crippen LogP contribution < -0.4 is 0 Å². The first-order chi connectivity index (χ1) is 13.7. The van der Waals surface area contributed by atoms with Crippen molar-refractivity contribution in [2.75, 3.05) is 13.1 Å². The number of piperidine rings is 1. The Morgan fingerprint density at radius 3 is 2.61 bits per heavy atom. The number of carbonyl (C=O) groups is 1. The fourth-order valence-corrected chi connectivity index (χ4v) is 4.95. The predicted molar refractivity (Wildman–Crippen MR) is 108 cm³/mol. The molecule has 1 amide bonds. The first-order valence-electron chi connectivity index (χ1n) is 9.90. The Balaban J connectivity index is 1.38. The normalized spacial score (nSPS) is 19.0. The molecule has 3 aromatic rings. The molecule has 144 valence electrons. The lowest BCUT2D eigenvalue weighted by molar-refractivity contribution is 0.0642. The van der Waals surface area contributed by atoms with Crippen LogP contribution in [-0.4, -0.2) is 34.0 Å². The molecular formula is C22H23N3O2S. The first kappa shape index (κ1) is 17.6. The highest BCUT2D eigenvalue weighted by atomic mass is 32.1. The van der Waals surface area contributed by atoms with Crippen LogP contribution in [-0.2, 0) is 5.41 Å². The molecule has 1 saturated heterocycles. The minimum absolute atomic E-state index is 0.0458. The third-order valence-corrected chi connectivity index (χ3v) is 6.85. The van der Waals surface area contributed by atoms with Crippen molar-refractivity contribution in [1.82, 2.24) is 15.0 Å². The molecule has 0 N–H and O–H groups in total. The first-order valence-corrected chi connectivity index (χ1v) is 10.8. The van der Waals surface area contributed by atoms with E-state index in [1.165, 1.54) is 5.56 Å². The number of aryl methyl sites for hydroxylation is 1. The van der Waals surface area contributed by atoms with Gasteiger partial charge >= 0.3 is 0 Å². The summed E-state index contributed by atoms with van der Waals surface area (Å²) in [4.78, 5) is 19.7. The highest BCUT2D eigenvalue weighted by molar-refractivity contribution is 7.09. The number of benzene rings is 1. The average molecular weight is 394 g/mol. The van der Waals surface area contributed by atoms with E-state index >= 15 is 0 Å². The summed E-state index contributed by atoms with van der Waals surface area (Å²) in [5.74, 6) is 0.819. The van der Waals surface area contributed by atoms with Crippen LogP contribution in [0.3, 0.4) is 0 Å². The molecule has 2 aromatic heterocycles. The SMILES string of the molecule is Cc1nc(C2(c3ccccc3)CCN(C(=O)c3cc(C4CC4)no3)CC2)cs1. The lowest BCUT2D eigenvalue weighted by atomic mass is 9.70. The van der Waals surface area contributed by atoms with Crippen LogP contribution in [0.4, 0.5) is 0 Å². The quantitative estimate of drug-likeness (QED) is 0.653. The maximum absolute atomic E-state index is 12.9. The van der Waals surface area contributed by atoms with Crippen LogP contribution in [0, 0.1) is 6.92 Å². The number of likely N-dealkylation sites (tertiary alicyclic amines) is 1. The van der Waals surface area contributed by atoms with Crippen molar-refractivity contribution in [2.45, 2.75) is 43.9 Å². The molecule has 1 aliphatic carbocycles. The number of hydrogen-bond donors (Lipinski definition) is 0. The molecular weight excluding hydrogens is 370 g/mol. The van der Waals surface area contributed by atoms with E-state index in [1.54, 1.807) is 11.3 Å². The standard InChI is InChI=1S/C22H23N3O2S/c1-15-23-20(14-28-15)22(17-5-3-2-4-6-17)9-11-25(12-10-22)21(26)19-13-18(24-27-19)16-7-8-16/h2-6,13-14,16H,7-12H2,1H3. The van der Waals surface area contributed by atoms with E-state index in [0.29, 0.717) is 24.8 Å². The van der Waals surface area contributed by atoms with Crippen molar-refractivity contribution in [2.24, 2.45) is 0 Å². The van der Waals surface area contributed by atoms with Gasteiger partial charge in [-0.2, -0.15) is 0 Å². The highest BCUT2D eigenvalue weighted by Gasteiger charge is 2.41. The third-order valence-electron chi connectivity index (χ3n) is 6.07. The molecule has 28 heavy (non-hydrogen) atoms. The zero-order chi connectivity index (χ0) is 19.1. The van der Waals surface area contributed by atoms with Crippen molar-refractivity contribution in [3.05, 3.63) is 69.5 Å². The monoisotopic (exact) mass is 393 g/mol. The molecule has 1 aliphatic heterocycles. The minimum atomic E-state index is -0.136. The molecule has 0 bridgehead atoms. The summed E-state index contributed by atoms with van der Waals surface area (Å²) in [6, 6.07) is 12.4. The van der Waals surface area contributed by atoms with E-state index in [9.17, 15) is 4.79 Å². The maximum Gasteiger partial charge on any atom is 0.292 e. The zero-order valence-electron chi connectivity index (χ0n) is 15.9. The van der Waals surface area contributed by atoms with Gasteiger partial charge in [0.05, 0.1) is 16.4 Å². The summed E-state index contributed by atoms with van der Waals surface area (Å²) in [6.07, 6.45) is 4.01. The van der Waals surface area contributed by atoms with E-state index in [-0.39, 0.29) is 11.3 Å². The predicted octanol–water partition coefficient (Wildman–Crippen LogP) is 4.54. The molecule has 3 heterocycles. The molecule has 0 unspecified atom stereocenters. The van der Waals surface area contributed by atoms with Crippen LogP contribution in [0.5, 0.6) is 0 Å². The van der Waals surface area contributed by atoms with Gasteiger partial charge in [-0.25, -0.2) is 4.98 Å². The Bertz CT molecular complexity index is 982. The third kappa shape index (κ3) is 3.05. The van der Waals surface area contributed by atoms with Crippen LogP contribution in [0.15, 0.2) is 46.3 Å². The van der Waals surface area contributed by atoms with Crippen molar-refractivity contribution in [1.29, 1.82) is 0 Å². The number of thiazole rings is 1. The van der Waals surface area contributed by atoms with Gasteiger partial charge in [0, 0.05) is 35.9 Å². The molecule has 2 aliphatic rings. The Hall–Kier alpha value is -2.47. The molecule has 5 nitrogen and oxygen atoms in total. The van der Waals surface area contributed by atoms with Gasteiger partial charge in [0.15, 0.2) is 0 Å². The van der Waals surface area contributed by atoms with E-state index in [0.717, 1.165) is 42.1 Å². The Morgan fingerprint density at radius 1 is 1.21 bits per heavy atom. The molecule has 0 spiro atoms. The summed E-state index contributed by atoms with van der Waals surface area (Å²) in [7, 11) is 0. The van der Waals surface area contributed by atoms with Gasteiger partial charge in [-0.1, -0.05) is 35.5 Å². The van der Waals surface area contributed by atoms with Gasteiger partial charge in [0.2, 0.25) is 5.76 Å². The fourth-order valence-electron chi connectivity index (χ4n) is 4.24. The smallest absolute Gasteiger partial charge is 0.292 e. The Labute approximate surface area is 168 Å². The largest absolute Gasteiger partial charge is 0.351 e. The number of aromatic nitrogens is 2. The van der Waals surface area contributed by atoms with Crippen LogP contribution in [0.25, 0.3) is 0 Å². The number of nitrogens with zero attached hydrogens (tertiary/aromatic N) is 3. The molecule has 6 heteroatoms. The maximum atomic E-state index is 12.9. The fraction of sp³-hybridized carbons (Fsp3) is 0.409. The second kappa shape index (κ2) is 6.85. The molecule has 0 radical (unpaired) electrons. The second-order valence-corrected chi connectivity index (χ2v) is 8.94. The van der Waals surface area contributed by atoms with E-state index in [2.05, 4.69) is 34.8 Å². The zero-order valence-corrected chi connectivity index (χ0v) is 16.7. The minimum Gasteiger partial charge on any atom is -0.351 e. The van der Waals surface area contributed by atoms with Gasteiger partial charge in [0.25, 0.3) is 5.91 Å². The topological polar surface area (TPSA) is 59.2 Å². The lowest BCUT2D eigenvalue weighted by Crippen LogP contribution is -2.45. The summed E-state index contributed by atoms with van der Waals surface area (Å²) >= 11 is 1.69. The van der Waals surface area contributed by atoms with Gasteiger partial charge in [-0.05, 0) is 38.2 Å². The summed E-state index contributed by atoms with van der Waals surface area (Å²) in [5, 5.41) is 7.35. The molecule has 5 rings (SSSR count). The van der Waals surface area contributed by atoms with Gasteiger partial charge in [0.1, 0.15) is 0 Å². The van der Waals surface area contributed by atoms with E-state index in [1.807, 2.05) is 24.0 Å². The van der Waals surface area contributed by atoms with E-state index < -0.39 is 0 Å². The molecule has 1 saturated carbocycles. The van der Waals surface area contributed by atoms with Gasteiger partial charge < -0.3 is 9.42 Å². The Morgan fingerprint density at radius 2 is 1.96 bits per heavy atom. The second-order valence-electron chi connectivity index (χ2n) is 7.88. The molecule has 0 atom stereocenters. The summed E-state index contributed by atoms with van der Waals surface area (Å²) < 4.78 is 5.35. The summed E-state index contributed by atoms with van der Waals surface area (Å²) in [5.41, 5.74) is 3.20. The molecule has 1 aromatic carbocycles. The van der Waals surface area contributed by atoms with Gasteiger partial charge in [-0.3, -0.25) is 4.79 Å². The molecule has 2 fully saturated rings. The van der Waals surface area contributed by atoms with Crippen LogP contribution >= 0.6 is 11.3 Å². The van der Waals surface area contributed by atoms with E-state index in [4.69, 9.17) is 9.51 Å². The number of rotatable bonds is 4. The average Bonchev–Trinajstić information content (AvgIpc) is 3.30. The van der Waals surface area contributed by atoms with Crippen LogP contribution in [0.2, 0.25) is 0 Å². The van der Waals surface area contributed by atoms with Crippen molar-refractivity contribution >= 4 is 17.2 Å². The number of hydrogen-bond acceptors (Lipinski definition) is 5. The van der Waals surface area contributed by atoms with Crippen molar-refractivity contribution in [3.63, 3.8) is 0 Å². The van der Waals surface area contributed by atoms with Crippen molar-refractivity contribution < 1.29 is 9.32 Å².